The number of hydrogen-bond donors (Lipinski definition) is 1. The highest BCUT2D eigenvalue weighted by molar-refractivity contribution is 7.16. The number of rotatable bonds is 3. The van der Waals surface area contributed by atoms with Gasteiger partial charge in [-0.2, -0.15) is 0 Å². The second-order valence-corrected chi connectivity index (χ2v) is 5.87. The summed E-state index contributed by atoms with van der Waals surface area (Å²) in [7, 11) is 0. The SMILES string of the molecule is FC(F)(CC1CCCCN1)c1ccc(Cl)s1. The monoisotopic (exact) mass is 265 g/mol. The van der Waals surface area contributed by atoms with E-state index in [1.165, 1.54) is 12.1 Å². The van der Waals surface area contributed by atoms with Crippen molar-refractivity contribution in [1.29, 1.82) is 0 Å². The maximum Gasteiger partial charge on any atom is 0.283 e. The molecule has 1 aliphatic rings. The zero-order valence-corrected chi connectivity index (χ0v) is 10.4. The van der Waals surface area contributed by atoms with Crippen molar-refractivity contribution >= 4 is 22.9 Å². The summed E-state index contributed by atoms with van der Waals surface area (Å²) in [5.74, 6) is -2.76. The Morgan fingerprint density at radius 1 is 1.44 bits per heavy atom. The lowest BCUT2D eigenvalue weighted by Crippen LogP contribution is -2.37. The Balaban J connectivity index is 2.01. The lowest BCUT2D eigenvalue weighted by atomic mass is 9.98. The lowest BCUT2D eigenvalue weighted by molar-refractivity contribution is -0.0216. The summed E-state index contributed by atoms with van der Waals surface area (Å²) in [6.45, 7) is 0.853. The molecule has 0 aromatic carbocycles. The third kappa shape index (κ3) is 2.93. The molecule has 0 saturated carbocycles. The lowest BCUT2D eigenvalue weighted by Gasteiger charge is -2.27. The van der Waals surface area contributed by atoms with Crippen LogP contribution in [0.15, 0.2) is 12.1 Å². The predicted octanol–water partition coefficient (Wildman–Crippen LogP) is 4.03. The Kier molecular flexibility index (Phi) is 3.82. The van der Waals surface area contributed by atoms with Gasteiger partial charge in [-0.3, -0.25) is 0 Å². The number of nitrogens with one attached hydrogen (secondary N) is 1. The molecule has 2 rings (SSSR count). The molecular weight excluding hydrogens is 252 g/mol. The average molecular weight is 266 g/mol. The molecule has 0 amide bonds. The van der Waals surface area contributed by atoms with Crippen LogP contribution in [0, 0.1) is 0 Å². The number of hydrogen-bond acceptors (Lipinski definition) is 2. The molecule has 1 nitrogen and oxygen atoms in total. The van der Waals surface area contributed by atoms with Crippen molar-refractivity contribution in [2.75, 3.05) is 6.54 Å². The van der Waals surface area contributed by atoms with Crippen LogP contribution in [0.4, 0.5) is 8.78 Å². The molecule has 1 aromatic heterocycles. The molecule has 1 unspecified atom stereocenters. The van der Waals surface area contributed by atoms with Crippen molar-refractivity contribution < 1.29 is 8.78 Å². The summed E-state index contributed by atoms with van der Waals surface area (Å²) in [5, 5.41) is 3.14. The summed E-state index contributed by atoms with van der Waals surface area (Å²) in [4.78, 5) is 0.0740. The molecule has 0 aliphatic carbocycles. The van der Waals surface area contributed by atoms with Gasteiger partial charge in [-0.05, 0) is 31.5 Å². The van der Waals surface area contributed by atoms with Gasteiger partial charge in [-0.1, -0.05) is 18.0 Å². The van der Waals surface area contributed by atoms with Gasteiger partial charge >= 0.3 is 0 Å². The number of halogens is 3. The second kappa shape index (κ2) is 4.98. The van der Waals surface area contributed by atoms with E-state index in [-0.39, 0.29) is 17.3 Å². The predicted molar refractivity (Wildman–Crippen MR) is 63.5 cm³/mol. The van der Waals surface area contributed by atoms with E-state index in [0.29, 0.717) is 4.34 Å². The van der Waals surface area contributed by atoms with Crippen LogP contribution in [-0.2, 0) is 5.92 Å². The molecule has 1 N–H and O–H groups in total. The highest BCUT2D eigenvalue weighted by Gasteiger charge is 2.36. The first-order valence-corrected chi connectivity index (χ1v) is 6.64. The van der Waals surface area contributed by atoms with Crippen LogP contribution in [0.25, 0.3) is 0 Å². The van der Waals surface area contributed by atoms with Crippen LogP contribution >= 0.6 is 22.9 Å². The normalized spacial score (nSPS) is 22.3. The second-order valence-electron chi connectivity index (χ2n) is 4.16. The van der Waals surface area contributed by atoms with E-state index in [0.717, 1.165) is 37.1 Å². The summed E-state index contributed by atoms with van der Waals surface area (Å²) in [5.41, 5.74) is 0. The van der Waals surface area contributed by atoms with Crippen molar-refractivity contribution in [3.8, 4) is 0 Å². The Morgan fingerprint density at radius 3 is 2.81 bits per heavy atom. The maximum atomic E-state index is 13.9. The van der Waals surface area contributed by atoms with E-state index in [2.05, 4.69) is 5.32 Å². The van der Waals surface area contributed by atoms with Gasteiger partial charge in [0, 0.05) is 12.5 Å². The largest absolute Gasteiger partial charge is 0.314 e. The van der Waals surface area contributed by atoms with Crippen LogP contribution in [0.5, 0.6) is 0 Å². The van der Waals surface area contributed by atoms with Gasteiger partial charge in [-0.25, -0.2) is 8.78 Å². The zero-order valence-electron chi connectivity index (χ0n) is 8.81. The fourth-order valence-electron chi connectivity index (χ4n) is 2.02. The van der Waals surface area contributed by atoms with Gasteiger partial charge in [0.25, 0.3) is 5.92 Å². The summed E-state index contributed by atoms with van der Waals surface area (Å²) >= 11 is 6.65. The van der Waals surface area contributed by atoms with Gasteiger partial charge in [0.15, 0.2) is 0 Å². The van der Waals surface area contributed by atoms with Crippen molar-refractivity contribution in [1.82, 2.24) is 5.32 Å². The molecule has 1 atom stereocenters. The van der Waals surface area contributed by atoms with E-state index < -0.39 is 5.92 Å². The maximum absolute atomic E-state index is 13.9. The minimum Gasteiger partial charge on any atom is -0.314 e. The van der Waals surface area contributed by atoms with Crippen LogP contribution < -0.4 is 5.32 Å². The van der Waals surface area contributed by atoms with Crippen molar-refractivity contribution in [3.63, 3.8) is 0 Å². The molecule has 0 bridgehead atoms. The molecule has 1 aromatic rings. The Morgan fingerprint density at radius 2 is 2.25 bits per heavy atom. The smallest absolute Gasteiger partial charge is 0.283 e. The van der Waals surface area contributed by atoms with Gasteiger partial charge in [-0.15, -0.1) is 11.3 Å². The van der Waals surface area contributed by atoms with E-state index in [4.69, 9.17) is 11.6 Å². The van der Waals surface area contributed by atoms with Gasteiger partial charge < -0.3 is 5.32 Å². The standard InChI is InChI=1S/C11H14ClF2NS/c12-10-5-4-9(16-10)11(13,14)7-8-3-1-2-6-15-8/h4-5,8,15H,1-3,6-7H2. The van der Waals surface area contributed by atoms with Crippen molar-refractivity contribution in [3.05, 3.63) is 21.3 Å². The molecule has 1 aliphatic heterocycles. The minimum absolute atomic E-state index is 0.0652. The van der Waals surface area contributed by atoms with E-state index in [1.54, 1.807) is 0 Å². The Labute approximate surface area is 103 Å². The first-order valence-electron chi connectivity index (χ1n) is 5.45. The highest BCUT2D eigenvalue weighted by atomic mass is 35.5. The molecule has 5 heteroatoms. The quantitative estimate of drug-likeness (QED) is 0.870. The first-order chi connectivity index (χ1) is 7.58. The molecular formula is C11H14ClF2NS. The third-order valence-corrected chi connectivity index (χ3v) is 4.19. The van der Waals surface area contributed by atoms with E-state index in [9.17, 15) is 8.78 Å². The molecule has 0 spiro atoms. The van der Waals surface area contributed by atoms with Crippen LogP contribution in [0.1, 0.15) is 30.6 Å². The number of alkyl halides is 2. The Hall–Kier alpha value is -0.190. The Bertz CT molecular complexity index is 348. The molecule has 1 saturated heterocycles. The number of thiophene rings is 1. The van der Waals surface area contributed by atoms with Crippen molar-refractivity contribution in [2.24, 2.45) is 0 Å². The van der Waals surface area contributed by atoms with Gasteiger partial charge in [0.1, 0.15) is 0 Å². The fourth-order valence-corrected chi connectivity index (χ4v) is 3.05. The average Bonchev–Trinajstić information content (AvgIpc) is 2.66. The van der Waals surface area contributed by atoms with E-state index >= 15 is 0 Å². The number of piperidine rings is 1. The first kappa shape index (κ1) is 12.3. The molecule has 16 heavy (non-hydrogen) atoms. The molecule has 1 fully saturated rings. The summed E-state index contributed by atoms with van der Waals surface area (Å²) in [6, 6.07) is 2.89. The minimum atomic E-state index is -2.76. The fraction of sp³-hybridized carbons (Fsp3) is 0.636. The summed E-state index contributed by atoms with van der Waals surface area (Å²) < 4.78 is 28.2. The zero-order chi connectivity index (χ0) is 11.6. The third-order valence-electron chi connectivity index (χ3n) is 2.85. The summed E-state index contributed by atoms with van der Waals surface area (Å²) in [6.07, 6.45) is 2.85. The molecule has 2 heterocycles. The topological polar surface area (TPSA) is 12.0 Å². The van der Waals surface area contributed by atoms with E-state index in [1.807, 2.05) is 0 Å². The van der Waals surface area contributed by atoms with Gasteiger partial charge in [0.2, 0.25) is 0 Å². The molecule has 90 valence electrons. The van der Waals surface area contributed by atoms with Crippen molar-refractivity contribution in [2.45, 2.75) is 37.6 Å². The van der Waals surface area contributed by atoms with Crippen LogP contribution in [0.2, 0.25) is 4.34 Å². The highest BCUT2D eigenvalue weighted by Crippen LogP contribution is 2.39. The van der Waals surface area contributed by atoms with Crippen LogP contribution in [0.3, 0.4) is 0 Å². The van der Waals surface area contributed by atoms with Gasteiger partial charge in [0.05, 0.1) is 9.21 Å². The molecule has 0 radical (unpaired) electrons. The van der Waals surface area contributed by atoms with Crippen LogP contribution in [-0.4, -0.2) is 12.6 Å².